The molecule has 0 unspecified atom stereocenters. The number of hydrogen-bond donors (Lipinski definition) is 1. The van der Waals surface area contributed by atoms with Crippen molar-refractivity contribution in [1.82, 2.24) is 14.7 Å². The minimum Gasteiger partial charge on any atom is -0.385 e. The molecule has 2 heterocycles. The van der Waals surface area contributed by atoms with Gasteiger partial charge in [-0.3, -0.25) is 9.48 Å². The predicted octanol–water partition coefficient (Wildman–Crippen LogP) is 2.48. The monoisotopic (exact) mass is 341 g/mol. The Morgan fingerprint density at radius 1 is 1.20 bits per heavy atom. The van der Waals surface area contributed by atoms with Gasteiger partial charge in [-0.05, 0) is 44.2 Å². The SMILES string of the molecule is Cc1nn(C)c(C)c1CCC(=O)N1CCC(O)(c2ccccc2)CC1. The van der Waals surface area contributed by atoms with Crippen LogP contribution in [0.15, 0.2) is 30.3 Å². The molecule has 5 nitrogen and oxygen atoms in total. The van der Waals surface area contributed by atoms with Gasteiger partial charge >= 0.3 is 0 Å². The van der Waals surface area contributed by atoms with Crippen LogP contribution in [-0.4, -0.2) is 38.8 Å². The molecule has 1 aliphatic heterocycles. The van der Waals surface area contributed by atoms with E-state index in [0.717, 1.165) is 23.4 Å². The van der Waals surface area contributed by atoms with Gasteiger partial charge in [0.05, 0.1) is 11.3 Å². The zero-order valence-electron chi connectivity index (χ0n) is 15.3. The Morgan fingerprint density at radius 3 is 2.40 bits per heavy atom. The predicted molar refractivity (Wildman–Crippen MR) is 97.2 cm³/mol. The van der Waals surface area contributed by atoms with Gasteiger partial charge in [-0.2, -0.15) is 5.10 Å². The van der Waals surface area contributed by atoms with Crippen LogP contribution in [-0.2, 0) is 23.9 Å². The van der Waals surface area contributed by atoms with Gasteiger partial charge in [0, 0.05) is 32.3 Å². The molecule has 1 fully saturated rings. The lowest BCUT2D eigenvalue weighted by Gasteiger charge is -2.38. The van der Waals surface area contributed by atoms with Crippen LogP contribution in [0.3, 0.4) is 0 Å². The Labute approximate surface area is 149 Å². The van der Waals surface area contributed by atoms with Gasteiger partial charge in [-0.15, -0.1) is 0 Å². The molecule has 1 aliphatic rings. The van der Waals surface area contributed by atoms with Crippen molar-refractivity contribution >= 4 is 5.91 Å². The number of likely N-dealkylation sites (tertiary alicyclic amines) is 1. The van der Waals surface area contributed by atoms with Crippen LogP contribution in [0, 0.1) is 13.8 Å². The first-order valence-corrected chi connectivity index (χ1v) is 8.95. The minimum atomic E-state index is -0.811. The van der Waals surface area contributed by atoms with Crippen molar-refractivity contribution in [2.45, 2.75) is 45.1 Å². The molecule has 5 heteroatoms. The van der Waals surface area contributed by atoms with Crippen molar-refractivity contribution in [2.24, 2.45) is 7.05 Å². The number of carbonyl (C=O) groups excluding carboxylic acids is 1. The normalized spacial score (nSPS) is 16.9. The number of piperidine rings is 1. The lowest BCUT2D eigenvalue weighted by Crippen LogP contribution is -2.45. The Kier molecular flexibility index (Phi) is 4.95. The first-order valence-electron chi connectivity index (χ1n) is 8.95. The van der Waals surface area contributed by atoms with Crippen LogP contribution in [0.1, 0.15) is 41.8 Å². The Balaban J connectivity index is 1.57. The van der Waals surface area contributed by atoms with Crippen LogP contribution in [0.25, 0.3) is 0 Å². The number of nitrogens with zero attached hydrogens (tertiary/aromatic N) is 3. The molecule has 1 aromatic carbocycles. The molecular weight excluding hydrogens is 314 g/mol. The third-order valence-electron chi connectivity index (χ3n) is 5.50. The fraction of sp³-hybridized carbons (Fsp3) is 0.500. The number of benzene rings is 1. The highest BCUT2D eigenvalue weighted by Gasteiger charge is 2.35. The smallest absolute Gasteiger partial charge is 0.222 e. The summed E-state index contributed by atoms with van der Waals surface area (Å²) < 4.78 is 1.87. The second kappa shape index (κ2) is 7.00. The number of aromatic nitrogens is 2. The standard InChI is InChI=1S/C20H27N3O2/c1-15-18(16(2)22(3)21-15)9-10-19(24)23-13-11-20(25,12-14-23)17-7-5-4-6-8-17/h4-8,25H,9-14H2,1-3H3. The van der Waals surface area contributed by atoms with E-state index in [4.69, 9.17) is 0 Å². The second-order valence-corrected chi connectivity index (χ2v) is 7.05. The van der Waals surface area contributed by atoms with Crippen molar-refractivity contribution in [3.05, 3.63) is 52.8 Å². The Morgan fingerprint density at radius 2 is 1.84 bits per heavy atom. The molecule has 134 valence electrons. The van der Waals surface area contributed by atoms with Gasteiger partial charge in [0.25, 0.3) is 0 Å². The summed E-state index contributed by atoms with van der Waals surface area (Å²) >= 11 is 0. The van der Waals surface area contributed by atoms with Gasteiger partial charge in [-0.25, -0.2) is 0 Å². The zero-order chi connectivity index (χ0) is 18.0. The molecular formula is C20H27N3O2. The van der Waals surface area contributed by atoms with Gasteiger partial charge < -0.3 is 10.0 Å². The topological polar surface area (TPSA) is 58.4 Å². The third-order valence-corrected chi connectivity index (χ3v) is 5.50. The van der Waals surface area contributed by atoms with Gasteiger partial charge in [0.1, 0.15) is 0 Å². The summed E-state index contributed by atoms with van der Waals surface area (Å²) in [7, 11) is 1.93. The number of aliphatic hydroxyl groups is 1. The van der Waals surface area contributed by atoms with E-state index in [2.05, 4.69) is 5.10 Å². The van der Waals surface area contributed by atoms with E-state index in [0.29, 0.717) is 32.4 Å². The fourth-order valence-corrected chi connectivity index (χ4v) is 3.73. The van der Waals surface area contributed by atoms with Crippen molar-refractivity contribution in [3.8, 4) is 0 Å². The van der Waals surface area contributed by atoms with E-state index in [1.807, 2.05) is 60.8 Å². The number of hydrogen-bond acceptors (Lipinski definition) is 3. The fourth-order valence-electron chi connectivity index (χ4n) is 3.73. The summed E-state index contributed by atoms with van der Waals surface area (Å²) in [4.78, 5) is 14.5. The highest BCUT2D eigenvalue weighted by Crippen LogP contribution is 2.32. The highest BCUT2D eigenvalue weighted by molar-refractivity contribution is 5.76. The summed E-state index contributed by atoms with van der Waals surface area (Å²) in [5, 5.41) is 15.3. The molecule has 1 aromatic heterocycles. The van der Waals surface area contributed by atoms with Crippen LogP contribution < -0.4 is 0 Å². The lowest BCUT2D eigenvalue weighted by molar-refractivity contribution is -0.135. The molecule has 0 aliphatic carbocycles. The van der Waals surface area contributed by atoms with Gasteiger partial charge in [0.2, 0.25) is 5.91 Å². The van der Waals surface area contributed by atoms with E-state index in [1.165, 1.54) is 5.56 Å². The molecule has 1 amide bonds. The van der Waals surface area contributed by atoms with E-state index in [-0.39, 0.29) is 5.91 Å². The third kappa shape index (κ3) is 3.61. The zero-order valence-corrected chi connectivity index (χ0v) is 15.3. The number of amides is 1. The molecule has 3 rings (SSSR count). The van der Waals surface area contributed by atoms with Crippen LogP contribution in [0.2, 0.25) is 0 Å². The summed E-state index contributed by atoms with van der Waals surface area (Å²) in [6, 6.07) is 9.78. The van der Waals surface area contributed by atoms with Crippen molar-refractivity contribution in [2.75, 3.05) is 13.1 Å². The van der Waals surface area contributed by atoms with E-state index < -0.39 is 5.60 Å². The summed E-state index contributed by atoms with van der Waals surface area (Å²) in [6.07, 6.45) is 2.41. The average Bonchev–Trinajstić information content (AvgIpc) is 2.86. The number of rotatable bonds is 4. The van der Waals surface area contributed by atoms with Crippen molar-refractivity contribution in [1.29, 1.82) is 0 Å². The quantitative estimate of drug-likeness (QED) is 0.929. The maximum atomic E-state index is 12.6. The van der Waals surface area contributed by atoms with Crippen molar-refractivity contribution in [3.63, 3.8) is 0 Å². The number of carbonyl (C=O) groups is 1. The number of aryl methyl sites for hydroxylation is 2. The van der Waals surface area contributed by atoms with Crippen molar-refractivity contribution < 1.29 is 9.90 Å². The molecule has 25 heavy (non-hydrogen) atoms. The first-order chi connectivity index (χ1) is 11.9. The molecule has 0 radical (unpaired) electrons. The maximum absolute atomic E-state index is 12.6. The first kappa shape index (κ1) is 17.7. The van der Waals surface area contributed by atoms with E-state index in [1.54, 1.807) is 0 Å². The van der Waals surface area contributed by atoms with Crippen LogP contribution >= 0.6 is 0 Å². The molecule has 0 saturated carbocycles. The highest BCUT2D eigenvalue weighted by atomic mass is 16.3. The molecule has 0 bridgehead atoms. The largest absolute Gasteiger partial charge is 0.385 e. The average molecular weight is 341 g/mol. The Hall–Kier alpha value is -2.14. The Bertz CT molecular complexity index is 744. The van der Waals surface area contributed by atoms with Crippen LogP contribution in [0.5, 0.6) is 0 Å². The minimum absolute atomic E-state index is 0.165. The molecule has 0 atom stereocenters. The summed E-state index contributed by atoms with van der Waals surface area (Å²) in [6.45, 7) is 5.25. The molecule has 0 spiro atoms. The summed E-state index contributed by atoms with van der Waals surface area (Å²) in [5.41, 5.74) is 3.44. The molecule has 2 aromatic rings. The molecule has 1 saturated heterocycles. The lowest BCUT2D eigenvalue weighted by atomic mass is 9.84. The van der Waals surface area contributed by atoms with E-state index >= 15 is 0 Å². The van der Waals surface area contributed by atoms with Crippen LogP contribution in [0.4, 0.5) is 0 Å². The second-order valence-electron chi connectivity index (χ2n) is 7.05. The van der Waals surface area contributed by atoms with Gasteiger partial charge in [0.15, 0.2) is 0 Å². The van der Waals surface area contributed by atoms with Gasteiger partial charge in [-0.1, -0.05) is 30.3 Å². The maximum Gasteiger partial charge on any atom is 0.222 e. The molecule has 1 N–H and O–H groups in total. The van der Waals surface area contributed by atoms with E-state index in [9.17, 15) is 9.90 Å². The summed E-state index contributed by atoms with van der Waals surface area (Å²) in [5.74, 6) is 0.165.